The van der Waals surface area contributed by atoms with Crippen LogP contribution in [0.25, 0.3) is 5.65 Å². The lowest BCUT2D eigenvalue weighted by Crippen LogP contribution is -2.50. The van der Waals surface area contributed by atoms with Gasteiger partial charge in [0.15, 0.2) is 0 Å². The van der Waals surface area contributed by atoms with Crippen LogP contribution >= 0.6 is 0 Å². The van der Waals surface area contributed by atoms with Crippen molar-refractivity contribution < 1.29 is 4.79 Å². The van der Waals surface area contributed by atoms with Crippen LogP contribution in [0.15, 0.2) is 91.3 Å². The summed E-state index contributed by atoms with van der Waals surface area (Å²) in [6.45, 7) is 3.07. The van der Waals surface area contributed by atoms with Crippen LogP contribution < -0.4 is 0 Å². The molecule has 0 atom stereocenters. The van der Waals surface area contributed by atoms with Crippen molar-refractivity contribution in [2.24, 2.45) is 0 Å². The number of piperazine rings is 1. The standard InChI is InChI=1S/C25H24N4O/c30-25(22-19-26-23-13-7-8-14-29(22)23)28-17-15-27(16-18-28)24(20-9-3-1-4-10-20)21-11-5-2-6-12-21/h1-14,19,24H,15-18H2. The molecule has 1 aliphatic heterocycles. The average molecular weight is 396 g/mol. The molecule has 5 rings (SSSR count). The SMILES string of the molecule is O=C(c1cnc2ccccn12)N1CCN(C(c2ccccc2)c2ccccc2)CC1. The maximum Gasteiger partial charge on any atom is 0.272 e. The predicted molar refractivity (Wildman–Crippen MR) is 117 cm³/mol. The zero-order valence-corrected chi connectivity index (χ0v) is 16.8. The van der Waals surface area contributed by atoms with Crippen molar-refractivity contribution in [3.05, 3.63) is 108 Å². The number of amides is 1. The Labute approximate surface area is 176 Å². The molecule has 5 heteroatoms. The highest BCUT2D eigenvalue weighted by Crippen LogP contribution is 2.29. The lowest BCUT2D eigenvalue weighted by atomic mass is 9.96. The Balaban J connectivity index is 1.35. The Bertz CT molecular complexity index is 1090. The highest BCUT2D eigenvalue weighted by molar-refractivity contribution is 5.93. The van der Waals surface area contributed by atoms with Crippen LogP contribution in [0.1, 0.15) is 27.7 Å². The van der Waals surface area contributed by atoms with Crippen molar-refractivity contribution in [1.29, 1.82) is 0 Å². The van der Waals surface area contributed by atoms with E-state index < -0.39 is 0 Å². The van der Waals surface area contributed by atoms with Gasteiger partial charge >= 0.3 is 0 Å². The van der Waals surface area contributed by atoms with Gasteiger partial charge in [-0.1, -0.05) is 66.7 Å². The van der Waals surface area contributed by atoms with Gasteiger partial charge < -0.3 is 4.90 Å². The van der Waals surface area contributed by atoms with E-state index in [1.165, 1.54) is 11.1 Å². The minimum atomic E-state index is 0.0457. The summed E-state index contributed by atoms with van der Waals surface area (Å²) in [5, 5.41) is 0. The molecule has 0 unspecified atom stereocenters. The summed E-state index contributed by atoms with van der Waals surface area (Å²) in [5.41, 5.74) is 3.99. The van der Waals surface area contributed by atoms with Crippen LogP contribution in [0, 0.1) is 0 Å². The average Bonchev–Trinajstić information content (AvgIpc) is 3.25. The third-order valence-corrected chi connectivity index (χ3v) is 5.83. The first-order valence-electron chi connectivity index (χ1n) is 10.4. The maximum atomic E-state index is 13.1. The molecule has 5 nitrogen and oxygen atoms in total. The van der Waals surface area contributed by atoms with Gasteiger partial charge in [-0.3, -0.25) is 14.1 Å². The Hall–Kier alpha value is -3.44. The minimum absolute atomic E-state index is 0.0457. The summed E-state index contributed by atoms with van der Waals surface area (Å²) in [4.78, 5) is 21.9. The van der Waals surface area contributed by atoms with E-state index in [1.54, 1.807) is 6.20 Å². The smallest absolute Gasteiger partial charge is 0.272 e. The fourth-order valence-electron chi connectivity index (χ4n) is 4.32. The van der Waals surface area contributed by atoms with Crippen LogP contribution in [-0.2, 0) is 0 Å². The lowest BCUT2D eigenvalue weighted by molar-refractivity contribution is 0.0591. The molecule has 2 aromatic carbocycles. The minimum Gasteiger partial charge on any atom is -0.335 e. The molecule has 30 heavy (non-hydrogen) atoms. The molecule has 0 spiro atoms. The molecular weight excluding hydrogens is 372 g/mol. The van der Waals surface area contributed by atoms with E-state index in [2.05, 4.69) is 70.5 Å². The van der Waals surface area contributed by atoms with Gasteiger partial charge in [0.1, 0.15) is 11.3 Å². The summed E-state index contributed by atoms with van der Waals surface area (Å²) in [6, 6.07) is 27.2. The number of carbonyl (C=O) groups is 1. The number of benzene rings is 2. The molecule has 0 bridgehead atoms. The third-order valence-electron chi connectivity index (χ3n) is 5.83. The van der Waals surface area contributed by atoms with Gasteiger partial charge in [0.05, 0.1) is 12.2 Å². The van der Waals surface area contributed by atoms with E-state index in [-0.39, 0.29) is 11.9 Å². The summed E-state index contributed by atoms with van der Waals surface area (Å²) in [6.07, 6.45) is 3.58. The second-order valence-corrected chi connectivity index (χ2v) is 7.62. The first-order chi connectivity index (χ1) is 14.8. The summed E-state index contributed by atoms with van der Waals surface area (Å²) in [5.74, 6) is 0.0457. The lowest BCUT2D eigenvalue weighted by Gasteiger charge is -2.39. The number of pyridine rings is 1. The largest absolute Gasteiger partial charge is 0.335 e. The number of rotatable bonds is 4. The number of nitrogens with zero attached hydrogens (tertiary/aromatic N) is 4. The number of aromatic nitrogens is 2. The van der Waals surface area contributed by atoms with Crippen LogP contribution in [0.2, 0.25) is 0 Å². The fraction of sp³-hybridized carbons (Fsp3) is 0.200. The topological polar surface area (TPSA) is 40.9 Å². The highest BCUT2D eigenvalue weighted by atomic mass is 16.2. The zero-order chi connectivity index (χ0) is 20.3. The third kappa shape index (κ3) is 3.48. The first kappa shape index (κ1) is 18.6. The van der Waals surface area contributed by atoms with Gasteiger partial charge in [-0.05, 0) is 23.3 Å². The number of fused-ring (bicyclic) bond motifs is 1. The predicted octanol–water partition coefficient (Wildman–Crippen LogP) is 3.88. The Morgan fingerprint density at radius 3 is 2.00 bits per heavy atom. The molecule has 150 valence electrons. The molecule has 1 aliphatic rings. The van der Waals surface area contributed by atoms with E-state index in [0.29, 0.717) is 18.8 Å². The first-order valence-corrected chi connectivity index (χ1v) is 10.4. The van der Waals surface area contributed by atoms with E-state index in [9.17, 15) is 4.79 Å². The fourth-order valence-corrected chi connectivity index (χ4v) is 4.32. The molecule has 0 N–H and O–H groups in total. The second-order valence-electron chi connectivity index (χ2n) is 7.62. The quantitative estimate of drug-likeness (QED) is 0.526. The van der Waals surface area contributed by atoms with Crippen LogP contribution in [0.4, 0.5) is 0 Å². The van der Waals surface area contributed by atoms with E-state index >= 15 is 0 Å². The van der Waals surface area contributed by atoms with Crippen molar-refractivity contribution >= 4 is 11.6 Å². The van der Waals surface area contributed by atoms with Gasteiger partial charge in [-0.25, -0.2) is 4.98 Å². The number of hydrogen-bond acceptors (Lipinski definition) is 3. The van der Waals surface area contributed by atoms with Crippen molar-refractivity contribution in [3.63, 3.8) is 0 Å². The number of hydrogen-bond donors (Lipinski definition) is 0. The molecule has 1 amide bonds. The Kier molecular flexibility index (Phi) is 5.03. The summed E-state index contributed by atoms with van der Waals surface area (Å²) >= 11 is 0. The zero-order valence-electron chi connectivity index (χ0n) is 16.8. The molecule has 0 radical (unpaired) electrons. The molecule has 2 aromatic heterocycles. The monoisotopic (exact) mass is 396 g/mol. The Morgan fingerprint density at radius 2 is 1.37 bits per heavy atom. The molecule has 0 saturated carbocycles. The maximum absolute atomic E-state index is 13.1. The van der Waals surface area contributed by atoms with Crippen molar-refractivity contribution in [2.75, 3.05) is 26.2 Å². The van der Waals surface area contributed by atoms with Crippen LogP contribution in [0.5, 0.6) is 0 Å². The van der Waals surface area contributed by atoms with Gasteiger partial charge in [0.25, 0.3) is 5.91 Å². The summed E-state index contributed by atoms with van der Waals surface area (Å²) in [7, 11) is 0. The number of imidazole rings is 1. The molecule has 0 aliphatic carbocycles. The van der Waals surface area contributed by atoms with Gasteiger partial charge in [-0.2, -0.15) is 0 Å². The molecular formula is C25H24N4O. The van der Waals surface area contributed by atoms with Crippen LogP contribution in [-0.4, -0.2) is 51.3 Å². The molecule has 1 fully saturated rings. The highest BCUT2D eigenvalue weighted by Gasteiger charge is 2.29. The van der Waals surface area contributed by atoms with Crippen molar-refractivity contribution in [1.82, 2.24) is 19.2 Å². The van der Waals surface area contributed by atoms with E-state index in [1.807, 2.05) is 33.7 Å². The van der Waals surface area contributed by atoms with Gasteiger partial charge in [0.2, 0.25) is 0 Å². The Morgan fingerprint density at radius 1 is 0.767 bits per heavy atom. The van der Waals surface area contributed by atoms with Crippen LogP contribution in [0.3, 0.4) is 0 Å². The summed E-state index contributed by atoms with van der Waals surface area (Å²) < 4.78 is 1.87. The number of carbonyl (C=O) groups excluding carboxylic acids is 1. The van der Waals surface area contributed by atoms with Crippen molar-refractivity contribution in [3.8, 4) is 0 Å². The second kappa shape index (κ2) is 8.13. The normalized spacial score (nSPS) is 15.0. The molecule has 4 aromatic rings. The molecule has 3 heterocycles. The van der Waals surface area contributed by atoms with Crippen molar-refractivity contribution in [2.45, 2.75) is 6.04 Å². The van der Waals surface area contributed by atoms with Gasteiger partial charge in [-0.15, -0.1) is 0 Å². The van der Waals surface area contributed by atoms with E-state index in [4.69, 9.17) is 0 Å². The van der Waals surface area contributed by atoms with Gasteiger partial charge in [0, 0.05) is 32.4 Å². The molecule has 1 saturated heterocycles. The van der Waals surface area contributed by atoms with E-state index in [0.717, 1.165) is 18.7 Å².